The van der Waals surface area contributed by atoms with Crippen molar-refractivity contribution in [1.29, 1.82) is 0 Å². The Hall–Kier alpha value is -1.79. The Balaban J connectivity index is 1.91. The van der Waals surface area contributed by atoms with Crippen LogP contribution in [-0.2, 0) is 6.54 Å². The highest BCUT2D eigenvalue weighted by atomic mass is 32.2. The number of aliphatic hydroxyl groups is 1. The second-order valence-corrected chi connectivity index (χ2v) is 6.38. The molecule has 0 bridgehead atoms. The van der Waals surface area contributed by atoms with Gasteiger partial charge in [-0.15, -0.1) is 0 Å². The fourth-order valence-corrected chi connectivity index (χ4v) is 2.80. The van der Waals surface area contributed by atoms with E-state index in [-0.39, 0.29) is 12.5 Å². The van der Waals surface area contributed by atoms with Gasteiger partial charge in [-0.05, 0) is 36.9 Å². The van der Waals surface area contributed by atoms with Crippen molar-refractivity contribution >= 4 is 17.7 Å². The van der Waals surface area contributed by atoms with E-state index in [1.54, 1.807) is 37.0 Å². The molecule has 2 rings (SSSR count). The van der Waals surface area contributed by atoms with E-state index in [9.17, 15) is 9.90 Å². The third-order valence-corrected chi connectivity index (χ3v) is 4.12. The van der Waals surface area contributed by atoms with Crippen molar-refractivity contribution in [2.24, 2.45) is 0 Å². The van der Waals surface area contributed by atoms with E-state index < -0.39 is 5.60 Å². The van der Waals surface area contributed by atoms with Crippen molar-refractivity contribution in [3.63, 3.8) is 0 Å². The van der Waals surface area contributed by atoms with E-state index >= 15 is 0 Å². The van der Waals surface area contributed by atoms with E-state index in [4.69, 9.17) is 0 Å². The number of hydrogen-bond acceptors (Lipinski definition) is 4. The number of nitrogens with zero attached hydrogens (tertiary/aromatic N) is 2. The third-order valence-electron chi connectivity index (χ3n) is 3.20. The molecule has 1 aromatic heterocycles. The maximum absolute atomic E-state index is 12.1. The highest BCUT2D eigenvalue weighted by Gasteiger charge is 2.20. The van der Waals surface area contributed by atoms with Crippen molar-refractivity contribution in [3.05, 3.63) is 53.9 Å². The normalized spacial score (nSPS) is 13.6. The molecular formula is C16H21N3O2S. The van der Waals surface area contributed by atoms with E-state index in [0.717, 1.165) is 5.56 Å². The van der Waals surface area contributed by atoms with Crippen LogP contribution in [0.2, 0.25) is 0 Å². The lowest BCUT2D eigenvalue weighted by molar-refractivity contribution is 0.0725. The molecular weight excluding hydrogens is 298 g/mol. The summed E-state index contributed by atoms with van der Waals surface area (Å²) in [5.41, 5.74) is 0.772. The van der Waals surface area contributed by atoms with Crippen LogP contribution >= 0.6 is 11.8 Å². The van der Waals surface area contributed by atoms with Crippen molar-refractivity contribution in [2.75, 3.05) is 18.6 Å². The van der Waals surface area contributed by atoms with Gasteiger partial charge < -0.3 is 10.4 Å². The van der Waals surface area contributed by atoms with Crippen molar-refractivity contribution < 1.29 is 9.90 Å². The van der Waals surface area contributed by atoms with Crippen LogP contribution in [0, 0.1) is 0 Å². The van der Waals surface area contributed by atoms with Crippen LogP contribution in [0.5, 0.6) is 0 Å². The number of carbonyl (C=O) groups is 1. The van der Waals surface area contributed by atoms with Gasteiger partial charge in [0.05, 0.1) is 12.1 Å². The minimum absolute atomic E-state index is 0.174. The van der Waals surface area contributed by atoms with Gasteiger partial charge in [0, 0.05) is 30.3 Å². The van der Waals surface area contributed by atoms with Crippen LogP contribution in [0.3, 0.4) is 0 Å². The summed E-state index contributed by atoms with van der Waals surface area (Å²) in [7, 11) is 0. The van der Waals surface area contributed by atoms with Gasteiger partial charge in [-0.3, -0.25) is 9.48 Å². The highest BCUT2D eigenvalue weighted by molar-refractivity contribution is 7.98. The van der Waals surface area contributed by atoms with Gasteiger partial charge in [-0.2, -0.15) is 16.9 Å². The van der Waals surface area contributed by atoms with Gasteiger partial charge in [0.1, 0.15) is 0 Å². The molecule has 118 valence electrons. The standard InChI is InChI=1S/C16H21N3O2S/c1-16(21,12-22-2)11-17-15(20)14-6-4-13(5-7-14)10-19-9-3-8-18-19/h3-9,21H,10-12H2,1-2H3,(H,17,20). The lowest BCUT2D eigenvalue weighted by Gasteiger charge is -2.22. The van der Waals surface area contributed by atoms with Gasteiger partial charge in [-0.1, -0.05) is 12.1 Å². The van der Waals surface area contributed by atoms with Crippen LogP contribution in [0.25, 0.3) is 0 Å². The smallest absolute Gasteiger partial charge is 0.251 e. The van der Waals surface area contributed by atoms with E-state index in [1.165, 1.54) is 0 Å². The lowest BCUT2D eigenvalue weighted by atomic mass is 10.1. The molecule has 0 fully saturated rings. The number of benzene rings is 1. The molecule has 0 saturated heterocycles. The van der Waals surface area contributed by atoms with Crippen molar-refractivity contribution in [3.8, 4) is 0 Å². The molecule has 0 aliphatic carbocycles. The summed E-state index contributed by atoms with van der Waals surface area (Å²) in [5.74, 6) is 0.405. The van der Waals surface area contributed by atoms with Gasteiger partial charge >= 0.3 is 0 Å². The Morgan fingerprint density at radius 2 is 2.14 bits per heavy atom. The summed E-state index contributed by atoms with van der Waals surface area (Å²) in [5, 5.41) is 17.0. The molecule has 2 aromatic rings. The second-order valence-electron chi connectivity index (χ2n) is 5.51. The van der Waals surface area contributed by atoms with E-state index in [2.05, 4.69) is 10.4 Å². The Morgan fingerprint density at radius 3 is 2.73 bits per heavy atom. The molecule has 1 aromatic carbocycles. The molecule has 0 saturated carbocycles. The molecule has 22 heavy (non-hydrogen) atoms. The van der Waals surface area contributed by atoms with Crippen LogP contribution in [-0.4, -0.2) is 44.9 Å². The predicted molar refractivity (Wildman–Crippen MR) is 89.1 cm³/mol. The molecule has 0 aliphatic heterocycles. The minimum atomic E-state index is -0.894. The molecule has 1 heterocycles. The van der Waals surface area contributed by atoms with E-state index in [0.29, 0.717) is 17.9 Å². The second kappa shape index (κ2) is 7.47. The number of hydrogen-bond donors (Lipinski definition) is 2. The fraction of sp³-hybridized carbons (Fsp3) is 0.375. The van der Waals surface area contributed by atoms with Crippen molar-refractivity contribution in [2.45, 2.75) is 19.1 Å². The molecule has 1 atom stereocenters. The van der Waals surface area contributed by atoms with Gasteiger partial charge in [0.2, 0.25) is 0 Å². The van der Waals surface area contributed by atoms with Crippen LogP contribution in [0.15, 0.2) is 42.7 Å². The summed E-state index contributed by atoms with van der Waals surface area (Å²) in [4.78, 5) is 12.1. The Morgan fingerprint density at radius 1 is 1.41 bits per heavy atom. The number of aromatic nitrogens is 2. The number of nitrogens with one attached hydrogen (secondary N) is 1. The Kier molecular flexibility index (Phi) is 5.63. The minimum Gasteiger partial charge on any atom is -0.387 e. The third kappa shape index (κ3) is 4.89. The molecule has 2 N–H and O–H groups in total. The maximum Gasteiger partial charge on any atom is 0.251 e. The zero-order chi connectivity index (χ0) is 16.0. The lowest BCUT2D eigenvalue weighted by Crippen LogP contribution is -2.42. The molecule has 1 amide bonds. The zero-order valence-corrected chi connectivity index (χ0v) is 13.6. The first kappa shape index (κ1) is 16.6. The molecule has 6 heteroatoms. The molecule has 5 nitrogen and oxygen atoms in total. The Labute approximate surface area is 134 Å². The average molecular weight is 319 g/mol. The maximum atomic E-state index is 12.1. The van der Waals surface area contributed by atoms with Crippen LogP contribution in [0.4, 0.5) is 0 Å². The summed E-state index contributed by atoms with van der Waals surface area (Å²) in [6.45, 7) is 2.63. The molecule has 0 spiro atoms. The first-order valence-corrected chi connectivity index (χ1v) is 8.45. The Bertz CT molecular complexity index is 594. The van der Waals surface area contributed by atoms with Crippen LogP contribution < -0.4 is 5.32 Å². The summed E-state index contributed by atoms with van der Waals surface area (Å²) >= 11 is 1.55. The summed E-state index contributed by atoms with van der Waals surface area (Å²) in [6.07, 6.45) is 5.56. The molecule has 0 aliphatic rings. The van der Waals surface area contributed by atoms with Crippen LogP contribution in [0.1, 0.15) is 22.8 Å². The zero-order valence-electron chi connectivity index (χ0n) is 12.8. The SMILES string of the molecule is CSCC(C)(O)CNC(=O)c1ccc(Cn2cccn2)cc1. The monoisotopic (exact) mass is 319 g/mol. The first-order valence-electron chi connectivity index (χ1n) is 7.06. The topological polar surface area (TPSA) is 67.2 Å². The van der Waals surface area contributed by atoms with Gasteiger partial charge in [0.25, 0.3) is 5.91 Å². The molecule has 0 radical (unpaired) electrons. The first-order chi connectivity index (χ1) is 10.5. The number of rotatable bonds is 7. The van der Waals surface area contributed by atoms with Crippen molar-refractivity contribution in [1.82, 2.24) is 15.1 Å². The van der Waals surface area contributed by atoms with Gasteiger partial charge in [-0.25, -0.2) is 0 Å². The fourth-order valence-electron chi connectivity index (χ4n) is 2.08. The number of thioether (sulfide) groups is 1. The quantitative estimate of drug-likeness (QED) is 0.816. The molecule has 1 unspecified atom stereocenters. The van der Waals surface area contributed by atoms with Gasteiger partial charge in [0.15, 0.2) is 0 Å². The number of carbonyl (C=O) groups excluding carboxylic acids is 1. The number of amides is 1. The van der Waals surface area contributed by atoms with E-state index in [1.807, 2.05) is 35.3 Å². The predicted octanol–water partition coefficient (Wildman–Crippen LogP) is 1.78. The summed E-state index contributed by atoms with van der Waals surface area (Å²) in [6, 6.07) is 9.28. The largest absolute Gasteiger partial charge is 0.387 e. The summed E-state index contributed by atoms with van der Waals surface area (Å²) < 4.78 is 1.83. The average Bonchev–Trinajstić information content (AvgIpc) is 2.98. The highest BCUT2D eigenvalue weighted by Crippen LogP contribution is 2.10.